The van der Waals surface area contributed by atoms with Gasteiger partial charge in [0.25, 0.3) is 0 Å². The number of benzene rings is 1. The Morgan fingerprint density at radius 3 is 2.26 bits per heavy atom. The third-order valence-corrected chi connectivity index (χ3v) is 5.93. The molecule has 27 heavy (non-hydrogen) atoms. The summed E-state index contributed by atoms with van der Waals surface area (Å²) in [6.45, 7) is 4.06. The highest BCUT2D eigenvalue weighted by molar-refractivity contribution is 7.53. The van der Waals surface area contributed by atoms with Crippen LogP contribution in [-0.4, -0.2) is 38.7 Å². The summed E-state index contributed by atoms with van der Waals surface area (Å²) in [6.07, 6.45) is 2.25. The second-order valence-electron chi connectivity index (χ2n) is 6.04. The Balaban J connectivity index is 2.40. The maximum absolute atomic E-state index is 12.9. The zero-order valence-corrected chi connectivity index (χ0v) is 17.0. The van der Waals surface area contributed by atoms with Crippen LogP contribution in [0.25, 0.3) is 11.1 Å². The summed E-state index contributed by atoms with van der Waals surface area (Å²) >= 11 is 0. The predicted molar refractivity (Wildman–Crippen MR) is 108 cm³/mol. The molecule has 7 nitrogen and oxygen atoms in total. The number of pyridine rings is 1. The van der Waals surface area contributed by atoms with Gasteiger partial charge < -0.3 is 19.3 Å². The van der Waals surface area contributed by atoms with Gasteiger partial charge in [-0.15, -0.1) is 0 Å². The van der Waals surface area contributed by atoms with Gasteiger partial charge in [-0.05, 0) is 37.6 Å². The highest BCUT2D eigenvalue weighted by atomic mass is 31.2. The lowest BCUT2D eigenvalue weighted by molar-refractivity contribution is -0.105. The molecule has 0 aliphatic carbocycles. The first-order valence-electron chi connectivity index (χ1n) is 8.77. The number of hydrogen-bond acceptors (Lipinski definition) is 6. The quantitative estimate of drug-likeness (QED) is 0.484. The topological polar surface area (TPSA) is 80.8 Å². The second-order valence-corrected chi connectivity index (χ2v) is 8.09. The molecule has 0 bridgehead atoms. The summed E-state index contributed by atoms with van der Waals surface area (Å²) in [5.74, 6) is 0.346. The summed E-state index contributed by atoms with van der Waals surface area (Å²) < 4.78 is 23.7. The van der Waals surface area contributed by atoms with Crippen molar-refractivity contribution in [2.24, 2.45) is 0 Å². The molecule has 0 radical (unpaired) electrons. The number of amides is 1. The van der Waals surface area contributed by atoms with Gasteiger partial charge in [-0.3, -0.25) is 9.36 Å². The van der Waals surface area contributed by atoms with E-state index >= 15 is 0 Å². The van der Waals surface area contributed by atoms with Crippen LogP contribution in [0.15, 0.2) is 36.5 Å². The normalized spacial score (nSPS) is 11.3. The predicted octanol–water partition coefficient (Wildman–Crippen LogP) is 4.15. The van der Waals surface area contributed by atoms with E-state index in [4.69, 9.17) is 9.05 Å². The third kappa shape index (κ3) is 5.63. The summed E-state index contributed by atoms with van der Waals surface area (Å²) in [6, 6.07) is 9.87. The summed E-state index contributed by atoms with van der Waals surface area (Å²) in [5, 5.41) is 2.56. The van der Waals surface area contributed by atoms with E-state index in [0.29, 0.717) is 17.8 Å². The van der Waals surface area contributed by atoms with Gasteiger partial charge in [0, 0.05) is 37.1 Å². The number of aromatic nitrogens is 1. The van der Waals surface area contributed by atoms with Crippen LogP contribution in [0, 0.1) is 0 Å². The van der Waals surface area contributed by atoms with E-state index in [1.807, 2.05) is 49.3 Å². The van der Waals surface area contributed by atoms with Crippen molar-refractivity contribution < 1.29 is 18.4 Å². The number of nitrogens with one attached hydrogen (secondary N) is 1. The third-order valence-electron chi connectivity index (χ3n) is 3.89. The molecule has 2 aromatic rings. The van der Waals surface area contributed by atoms with Gasteiger partial charge in [-0.2, -0.15) is 0 Å². The Morgan fingerprint density at radius 1 is 1.11 bits per heavy atom. The molecule has 146 valence electrons. The number of hydrogen-bond donors (Lipinski definition) is 1. The second kappa shape index (κ2) is 9.65. The van der Waals surface area contributed by atoms with Crippen LogP contribution in [0.4, 0.5) is 11.5 Å². The molecule has 0 aliphatic rings. The molecule has 0 saturated carbocycles. The highest BCUT2D eigenvalue weighted by Crippen LogP contribution is 2.52. The molecule has 0 spiro atoms. The van der Waals surface area contributed by atoms with Crippen LogP contribution in [0.1, 0.15) is 19.4 Å². The Labute approximate surface area is 160 Å². The number of anilines is 2. The molecule has 0 saturated heterocycles. The van der Waals surface area contributed by atoms with Gasteiger partial charge in [0.2, 0.25) is 6.41 Å². The maximum Gasteiger partial charge on any atom is 0.335 e. The zero-order valence-electron chi connectivity index (χ0n) is 16.1. The van der Waals surface area contributed by atoms with Crippen molar-refractivity contribution in [3.05, 3.63) is 42.1 Å². The van der Waals surface area contributed by atoms with Crippen molar-refractivity contribution in [2.75, 3.05) is 37.5 Å². The van der Waals surface area contributed by atoms with Crippen molar-refractivity contribution in [3.63, 3.8) is 0 Å². The van der Waals surface area contributed by atoms with Crippen molar-refractivity contribution in [1.29, 1.82) is 0 Å². The molecule has 2 rings (SSSR count). The SMILES string of the molecule is CCOP(=O)(Cc1cc(-c2ccc(N(C)C)cc2)cnc1NC=O)OCC. The van der Waals surface area contributed by atoms with Crippen LogP contribution >= 0.6 is 7.60 Å². The number of rotatable bonds is 10. The zero-order chi connectivity index (χ0) is 19.9. The Hall–Kier alpha value is -2.21. The first-order chi connectivity index (χ1) is 12.9. The Bertz CT molecular complexity index is 799. The average Bonchev–Trinajstić information content (AvgIpc) is 2.63. The monoisotopic (exact) mass is 391 g/mol. The van der Waals surface area contributed by atoms with Gasteiger partial charge in [-0.1, -0.05) is 12.1 Å². The number of carbonyl (C=O) groups is 1. The fourth-order valence-electron chi connectivity index (χ4n) is 2.66. The van der Waals surface area contributed by atoms with Crippen LogP contribution in [0.3, 0.4) is 0 Å². The average molecular weight is 391 g/mol. The summed E-state index contributed by atoms with van der Waals surface area (Å²) in [5.41, 5.74) is 3.51. The first kappa shape index (κ1) is 21.1. The lowest BCUT2D eigenvalue weighted by Gasteiger charge is -2.19. The van der Waals surface area contributed by atoms with Gasteiger partial charge in [0.1, 0.15) is 5.82 Å². The standard InChI is InChI=1S/C19H26N3O4P/c1-5-25-27(24,26-6-2)13-17-11-16(12-20-19(17)21-14-23)15-7-9-18(10-8-15)22(3)4/h7-12,14H,5-6,13H2,1-4H3,(H,20,21,23). The fourth-order valence-corrected chi connectivity index (χ4v) is 4.36. The summed E-state index contributed by atoms with van der Waals surface area (Å²) in [7, 11) is 0.633. The van der Waals surface area contributed by atoms with Crippen molar-refractivity contribution in [3.8, 4) is 11.1 Å². The minimum absolute atomic E-state index is 0.0292. The van der Waals surface area contributed by atoms with Crippen LogP contribution in [-0.2, 0) is 24.6 Å². The lowest BCUT2D eigenvalue weighted by atomic mass is 10.1. The van der Waals surface area contributed by atoms with Crippen LogP contribution < -0.4 is 10.2 Å². The molecule has 1 amide bonds. The lowest BCUT2D eigenvalue weighted by Crippen LogP contribution is -2.08. The fraction of sp³-hybridized carbons (Fsp3) is 0.368. The summed E-state index contributed by atoms with van der Waals surface area (Å²) in [4.78, 5) is 17.3. The van der Waals surface area contributed by atoms with Gasteiger partial charge >= 0.3 is 7.60 Å². The van der Waals surface area contributed by atoms with E-state index in [-0.39, 0.29) is 19.4 Å². The number of carbonyl (C=O) groups excluding carboxylic acids is 1. The Kier molecular flexibility index (Phi) is 7.54. The van der Waals surface area contributed by atoms with Crippen LogP contribution in [0.2, 0.25) is 0 Å². The molecule has 1 heterocycles. The van der Waals surface area contributed by atoms with Gasteiger partial charge in [0.15, 0.2) is 0 Å². The molecule has 0 aliphatic heterocycles. The van der Waals surface area contributed by atoms with Crippen molar-refractivity contribution >= 4 is 25.5 Å². The van der Waals surface area contributed by atoms with Crippen molar-refractivity contribution in [2.45, 2.75) is 20.0 Å². The molecular formula is C19H26N3O4P. The first-order valence-corrected chi connectivity index (χ1v) is 10.5. The van der Waals surface area contributed by atoms with Gasteiger partial charge in [0.05, 0.1) is 19.4 Å². The minimum atomic E-state index is -3.33. The van der Waals surface area contributed by atoms with E-state index in [1.54, 1.807) is 20.0 Å². The largest absolute Gasteiger partial charge is 0.378 e. The molecular weight excluding hydrogens is 365 g/mol. The molecule has 1 aromatic carbocycles. The van der Waals surface area contributed by atoms with E-state index in [0.717, 1.165) is 16.8 Å². The molecule has 0 fully saturated rings. The minimum Gasteiger partial charge on any atom is -0.378 e. The highest BCUT2D eigenvalue weighted by Gasteiger charge is 2.26. The molecule has 8 heteroatoms. The maximum atomic E-state index is 12.9. The van der Waals surface area contributed by atoms with E-state index < -0.39 is 7.60 Å². The molecule has 0 unspecified atom stereocenters. The number of nitrogens with zero attached hydrogens (tertiary/aromatic N) is 2. The van der Waals surface area contributed by atoms with E-state index in [9.17, 15) is 9.36 Å². The van der Waals surface area contributed by atoms with Gasteiger partial charge in [-0.25, -0.2) is 4.98 Å². The molecule has 1 aromatic heterocycles. The Morgan fingerprint density at radius 2 is 1.74 bits per heavy atom. The molecule has 1 N–H and O–H groups in total. The van der Waals surface area contributed by atoms with E-state index in [2.05, 4.69) is 10.3 Å². The smallest absolute Gasteiger partial charge is 0.335 e. The van der Waals surface area contributed by atoms with Crippen molar-refractivity contribution in [1.82, 2.24) is 4.98 Å². The molecule has 0 atom stereocenters. The van der Waals surface area contributed by atoms with E-state index in [1.165, 1.54) is 0 Å². The van der Waals surface area contributed by atoms with Crippen LogP contribution in [0.5, 0.6) is 0 Å².